The van der Waals surface area contributed by atoms with Gasteiger partial charge < -0.3 is 14.2 Å². The van der Waals surface area contributed by atoms with Gasteiger partial charge in [-0.1, -0.05) is 30.3 Å². The molecular weight excluding hydrogens is 511 g/mol. The van der Waals surface area contributed by atoms with Crippen molar-refractivity contribution in [1.29, 1.82) is 0 Å². The molecule has 1 saturated heterocycles. The quantitative estimate of drug-likeness (QED) is 0.396. The number of rotatable bonds is 4. The van der Waals surface area contributed by atoms with Gasteiger partial charge in [0.05, 0.1) is 23.3 Å². The largest absolute Gasteiger partial charge is 0.492 e. The lowest BCUT2D eigenvalue weighted by atomic mass is 9.93. The van der Waals surface area contributed by atoms with E-state index in [1.54, 1.807) is 30.5 Å². The zero-order valence-corrected chi connectivity index (χ0v) is 21.5. The van der Waals surface area contributed by atoms with Crippen molar-refractivity contribution in [2.24, 2.45) is 0 Å². The van der Waals surface area contributed by atoms with Gasteiger partial charge in [-0.05, 0) is 42.7 Å². The molecule has 5 heterocycles. The minimum absolute atomic E-state index is 0.0000647. The number of imide groups is 1. The summed E-state index contributed by atoms with van der Waals surface area (Å²) in [5, 5.41) is 3.18. The first kappa shape index (κ1) is 24.3. The Balaban J connectivity index is 1.29. The summed E-state index contributed by atoms with van der Waals surface area (Å²) in [5.41, 5.74) is 2.88. The number of nitrogens with one attached hydrogen (secondary N) is 1. The van der Waals surface area contributed by atoms with Gasteiger partial charge in [0.1, 0.15) is 17.3 Å². The summed E-state index contributed by atoms with van der Waals surface area (Å²) in [7, 11) is 0. The van der Waals surface area contributed by atoms with Crippen LogP contribution in [0, 0.1) is 5.82 Å². The molecule has 0 aliphatic carbocycles. The smallest absolute Gasteiger partial charge is 0.272 e. The number of pyridine rings is 1. The van der Waals surface area contributed by atoms with Gasteiger partial charge in [0.15, 0.2) is 0 Å². The molecule has 0 saturated carbocycles. The number of para-hydroxylation sites is 1. The first-order valence-corrected chi connectivity index (χ1v) is 13.4. The van der Waals surface area contributed by atoms with Crippen molar-refractivity contribution in [3.8, 4) is 5.75 Å². The summed E-state index contributed by atoms with van der Waals surface area (Å²) >= 11 is 0. The van der Waals surface area contributed by atoms with E-state index in [1.165, 1.54) is 6.07 Å². The number of halogens is 1. The molecule has 9 heteroatoms. The predicted molar refractivity (Wildman–Crippen MR) is 146 cm³/mol. The molecule has 0 unspecified atom stereocenters. The van der Waals surface area contributed by atoms with Crippen molar-refractivity contribution >= 4 is 39.8 Å². The molecule has 1 N–H and O–H groups in total. The van der Waals surface area contributed by atoms with Crippen LogP contribution in [-0.2, 0) is 16.0 Å². The lowest BCUT2D eigenvalue weighted by molar-refractivity contribution is -0.122. The van der Waals surface area contributed by atoms with E-state index in [2.05, 4.69) is 14.9 Å². The predicted octanol–water partition coefficient (Wildman–Crippen LogP) is 4.15. The van der Waals surface area contributed by atoms with Crippen LogP contribution in [0.3, 0.4) is 0 Å². The van der Waals surface area contributed by atoms with Gasteiger partial charge >= 0.3 is 0 Å². The Hall–Kier alpha value is -4.79. The highest BCUT2D eigenvalue weighted by Gasteiger charge is 2.38. The second-order valence-corrected chi connectivity index (χ2v) is 10.2. The number of amides is 3. The second-order valence-electron chi connectivity index (χ2n) is 10.2. The number of likely N-dealkylation sites (tertiary alicyclic amines) is 1. The summed E-state index contributed by atoms with van der Waals surface area (Å²) < 4.78 is 23.1. The van der Waals surface area contributed by atoms with E-state index in [9.17, 15) is 14.4 Å². The Morgan fingerprint density at radius 2 is 1.75 bits per heavy atom. The zero-order valence-electron chi connectivity index (χ0n) is 21.5. The number of aromatic nitrogens is 2. The molecule has 1 fully saturated rings. The number of carbonyl (C=O) groups is 3. The molecule has 0 atom stereocenters. The van der Waals surface area contributed by atoms with Crippen LogP contribution >= 0.6 is 0 Å². The average Bonchev–Trinajstić information content (AvgIpc) is 3.68. The van der Waals surface area contributed by atoms with Crippen LogP contribution in [0.1, 0.15) is 46.1 Å². The molecule has 4 aromatic rings. The van der Waals surface area contributed by atoms with Gasteiger partial charge in [0.2, 0.25) is 0 Å². The SMILES string of the molecule is O=C1NC(=O)C(c2cn(C3CCN(C(=O)c4ccccn4)CC3)c3ccccc23)=C1c1c(F)ccc2c1OCC2. The van der Waals surface area contributed by atoms with E-state index in [1.807, 2.05) is 35.4 Å². The normalized spacial score (nSPS) is 17.4. The van der Waals surface area contributed by atoms with E-state index in [0.29, 0.717) is 56.0 Å². The fourth-order valence-electron chi connectivity index (χ4n) is 6.11. The Morgan fingerprint density at radius 3 is 2.55 bits per heavy atom. The third kappa shape index (κ3) is 3.80. The maximum Gasteiger partial charge on any atom is 0.272 e. The first-order chi connectivity index (χ1) is 19.5. The van der Waals surface area contributed by atoms with Gasteiger partial charge in [-0.2, -0.15) is 0 Å². The van der Waals surface area contributed by atoms with Crippen LogP contribution in [0.4, 0.5) is 4.39 Å². The fraction of sp³-hybridized carbons (Fsp3) is 0.226. The number of hydrogen-bond donors (Lipinski definition) is 1. The second kappa shape index (κ2) is 9.44. The van der Waals surface area contributed by atoms with Crippen LogP contribution in [0.25, 0.3) is 22.0 Å². The maximum absolute atomic E-state index is 15.3. The molecule has 3 amide bonds. The summed E-state index contributed by atoms with van der Waals surface area (Å²) in [6, 6.07) is 16.0. The molecule has 2 aromatic carbocycles. The molecule has 0 spiro atoms. The van der Waals surface area contributed by atoms with Crippen molar-refractivity contribution in [1.82, 2.24) is 19.8 Å². The third-order valence-corrected chi connectivity index (χ3v) is 8.03. The Morgan fingerprint density at radius 1 is 0.975 bits per heavy atom. The minimum Gasteiger partial charge on any atom is -0.492 e. The van der Waals surface area contributed by atoms with Crippen molar-refractivity contribution < 1.29 is 23.5 Å². The number of carbonyl (C=O) groups excluding carboxylic acids is 3. The fourth-order valence-corrected chi connectivity index (χ4v) is 6.11. The molecule has 0 bridgehead atoms. The number of fused-ring (bicyclic) bond motifs is 2. The highest BCUT2D eigenvalue weighted by Crippen LogP contribution is 2.43. The highest BCUT2D eigenvalue weighted by atomic mass is 19.1. The molecule has 2 aromatic heterocycles. The Labute approximate surface area is 229 Å². The molecule has 3 aliphatic heterocycles. The molecule has 7 rings (SSSR count). The van der Waals surface area contributed by atoms with Crippen molar-refractivity contribution in [3.05, 3.63) is 95.2 Å². The number of benzene rings is 2. The molecular formula is C31H25FN4O4. The van der Waals surface area contributed by atoms with Crippen molar-refractivity contribution in [2.45, 2.75) is 25.3 Å². The van der Waals surface area contributed by atoms with Gasteiger partial charge in [-0.3, -0.25) is 24.7 Å². The molecule has 200 valence electrons. The van der Waals surface area contributed by atoms with Crippen molar-refractivity contribution in [3.63, 3.8) is 0 Å². The topological polar surface area (TPSA) is 93.5 Å². The third-order valence-electron chi connectivity index (χ3n) is 8.03. The molecule has 3 aliphatic rings. The van der Waals surface area contributed by atoms with E-state index in [4.69, 9.17) is 4.74 Å². The standard InChI is InChI=1S/C31H25FN4O4/c32-22-9-8-18-12-16-40-28(18)26(22)27-25(29(37)34-30(27)38)21-17-36(24-7-2-1-5-20(21)24)19-10-14-35(15-11-19)31(39)23-6-3-4-13-33-23/h1-9,13,17,19H,10-12,14-16H2,(H,34,37,38). The Kier molecular flexibility index (Phi) is 5.73. The molecule has 40 heavy (non-hydrogen) atoms. The first-order valence-electron chi connectivity index (χ1n) is 13.4. The van der Waals surface area contributed by atoms with E-state index < -0.39 is 17.6 Å². The summed E-state index contributed by atoms with van der Waals surface area (Å²) in [5.74, 6) is -1.57. The lowest BCUT2D eigenvalue weighted by Crippen LogP contribution is -2.39. The zero-order chi connectivity index (χ0) is 27.4. The van der Waals surface area contributed by atoms with Gasteiger partial charge in [0, 0.05) is 54.4 Å². The van der Waals surface area contributed by atoms with Gasteiger partial charge in [-0.15, -0.1) is 0 Å². The number of ether oxygens (including phenoxy) is 1. The van der Waals surface area contributed by atoms with Crippen molar-refractivity contribution in [2.75, 3.05) is 19.7 Å². The maximum atomic E-state index is 15.3. The lowest BCUT2D eigenvalue weighted by Gasteiger charge is -2.33. The van der Waals surface area contributed by atoms with E-state index in [-0.39, 0.29) is 28.7 Å². The number of nitrogens with zero attached hydrogens (tertiary/aromatic N) is 3. The molecule has 8 nitrogen and oxygen atoms in total. The summed E-state index contributed by atoms with van der Waals surface area (Å²) in [6.07, 6.45) is 5.54. The van der Waals surface area contributed by atoms with Crippen LogP contribution in [0.15, 0.2) is 67.0 Å². The van der Waals surface area contributed by atoms with Crippen LogP contribution in [0.5, 0.6) is 5.75 Å². The van der Waals surface area contributed by atoms with Gasteiger partial charge in [-0.25, -0.2) is 4.39 Å². The summed E-state index contributed by atoms with van der Waals surface area (Å²) in [4.78, 5) is 45.3. The Bertz CT molecular complexity index is 1740. The van der Waals surface area contributed by atoms with E-state index in [0.717, 1.165) is 16.5 Å². The van der Waals surface area contributed by atoms with Gasteiger partial charge in [0.25, 0.3) is 17.7 Å². The highest BCUT2D eigenvalue weighted by molar-refractivity contribution is 6.50. The monoisotopic (exact) mass is 536 g/mol. The average molecular weight is 537 g/mol. The van der Waals surface area contributed by atoms with Crippen LogP contribution in [-0.4, -0.2) is 51.9 Å². The summed E-state index contributed by atoms with van der Waals surface area (Å²) in [6.45, 7) is 1.52. The van der Waals surface area contributed by atoms with E-state index >= 15 is 4.39 Å². The molecule has 0 radical (unpaired) electrons. The minimum atomic E-state index is -0.638. The van der Waals surface area contributed by atoms with Crippen LogP contribution < -0.4 is 10.1 Å². The number of piperidine rings is 1. The number of hydrogen-bond acceptors (Lipinski definition) is 5. The van der Waals surface area contributed by atoms with Crippen LogP contribution in [0.2, 0.25) is 0 Å².